The molecular formula is C18H18N2O5. The van der Waals surface area contributed by atoms with Crippen LogP contribution in [0.5, 0.6) is 0 Å². The van der Waals surface area contributed by atoms with Gasteiger partial charge in [-0.05, 0) is 42.8 Å². The summed E-state index contributed by atoms with van der Waals surface area (Å²) in [5.74, 6) is -1.58. The molecule has 0 aliphatic heterocycles. The van der Waals surface area contributed by atoms with E-state index in [0.717, 1.165) is 6.42 Å². The van der Waals surface area contributed by atoms with Gasteiger partial charge in [-0.2, -0.15) is 0 Å². The van der Waals surface area contributed by atoms with Crippen LogP contribution in [0.25, 0.3) is 0 Å². The number of nitrogens with zero attached hydrogens (tertiary/aromatic N) is 1. The zero-order chi connectivity index (χ0) is 18.1. The lowest BCUT2D eigenvalue weighted by molar-refractivity contribution is -0.119. The Hall–Kier alpha value is -3.22. The molecule has 0 saturated carbocycles. The molecule has 0 spiro atoms. The van der Waals surface area contributed by atoms with Crippen LogP contribution in [0.4, 0.5) is 5.69 Å². The molecule has 130 valence electrons. The van der Waals surface area contributed by atoms with Crippen molar-refractivity contribution in [2.45, 2.75) is 13.3 Å². The Morgan fingerprint density at radius 3 is 2.40 bits per heavy atom. The number of esters is 2. The van der Waals surface area contributed by atoms with Gasteiger partial charge in [0.2, 0.25) is 0 Å². The Kier molecular flexibility index (Phi) is 6.65. The van der Waals surface area contributed by atoms with Gasteiger partial charge in [0.25, 0.3) is 5.91 Å². The largest absolute Gasteiger partial charge is 0.462 e. The average Bonchev–Trinajstić information content (AvgIpc) is 2.65. The summed E-state index contributed by atoms with van der Waals surface area (Å²) in [6.45, 7) is 1.83. The van der Waals surface area contributed by atoms with E-state index in [1.165, 1.54) is 12.3 Å². The Balaban J connectivity index is 1.82. The van der Waals surface area contributed by atoms with Crippen molar-refractivity contribution in [1.82, 2.24) is 4.98 Å². The van der Waals surface area contributed by atoms with Crippen LogP contribution < -0.4 is 5.32 Å². The highest BCUT2D eigenvalue weighted by molar-refractivity contribution is 5.95. The number of anilines is 1. The zero-order valence-corrected chi connectivity index (χ0v) is 13.7. The predicted octanol–water partition coefficient (Wildman–Crippen LogP) is 2.44. The monoisotopic (exact) mass is 342 g/mol. The fourth-order valence-corrected chi connectivity index (χ4v) is 1.85. The predicted molar refractivity (Wildman–Crippen MR) is 90.2 cm³/mol. The number of amides is 1. The second kappa shape index (κ2) is 9.17. The molecular weight excluding hydrogens is 324 g/mol. The Labute approximate surface area is 145 Å². The van der Waals surface area contributed by atoms with Gasteiger partial charge in [0.1, 0.15) is 5.69 Å². The first-order chi connectivity index (χ1) is 12.1. The molecule has 2 rings (SSSR count). The van der Waals surface area contributed by atoms with Gasteiger partial charge < -0.3 is 14.8 Å². The second-order valence-corrected chi connectivity index (χ2v) is 5.05. The molecule has 7 heteroatoms. The number of hydrogen-bond donors (Lipinski definition) is 1. The number of rotatable bonds is 7. The van der Waals surface area contributed by atoms with Crippen molar-refractivity contribution < 1.29 is 23.9 Å². The minimum Gasteiger partial charge on any atom is -0.462 e. The van der Waals surface area contributed by atoms with Crippen molar-refractivity contribution in [3.63, 3.8) is 0 Å². The molecule has 0 radical (unpaired) electrons. The summed E-state index contributed by atoms with van der Waals surface area (Å²) in [7, 11) is 0. The van der Waals surface area contributed by atoms with E-state index in [2.05, 4.69) is 10.3 Å². The number of pyridine rings is 1. The average molecular weight is 342 g/mol. The van der Waals surface area contributed by atoms with E-state index >= 15 is 0 Å². The van der Waals surface area contributed by atoms with Gasteiger partial charge in [-0.1, -0.05) is 13.0 Å². The number of nitrogens with one attached hydrogen (secondary N) is 1. The Bertz CT molecular complexity index is 729. The van der Waals surface area contributed by atoms with E-state index in [9.17, 15) is 14.4 Å². The maximum Gasteiger partial charge on any atom is 0.357 e. The molecule has 25 heavy (non-hydrogen) atoms. The van der Waals surface area contributed by atoms with Crippen molar-refractivity contribution >= 4 is 23.5 Å². The van der Waals surface area contributed by atoms with Crippen LogP contribution in [0.1, 0.15) is 34.2 Å². The molecule has 0 aliphatic carbocycles. The lowest BCUT2D eigenvalue weighted by Crippen LogP contribution is -2.21. The first-order valence-corrected chi connectivity index (χ1v) is 7.75. The van der Waals surface area contributed by atoms with Crippen LogP contribution in [0, 0.1) is 0 Å². The fourth-order valence-electron chi connectivity index (χ4n) is 1.85. The molecule has 0 saturated heterocycles. The molecule has 2 aromatic rings. The topological polar surface area (TPSA) is 94.6 Å². The molecule has 0 atom stereocenters. The van der Waals surface area contributed by atoms with E-state index in [1.54, 1.807) is 36.4 Å². The summed E-state index contributed by atoms with van der Waals surface area (Å²) in [4.78, 5) is 39.0. The summed E-state index contributed by atoms with van der Waals surface area (Å²) in [6.07, 6.45) is 2.21. The van der Waals surface area contributed by atoms with Crippen molar-refractivity contribution in [3.05, 3.63) is 59.9 Å². The molecule has 1 amide bonds. The van der Waals surface area contributed by atoms with Gasteiger partial charge >= 0.3 is 11.9 Å². The fraction of sp³-hybridized carbons (Fsp3) is 0.222. The van der Waals surface area contributed by atoms with E-state index in [0.29, 0.717) is 17.9 Å². The van der Waals surface area contributed by atoms with Gasteiger partial charge in [0.05, 0.1) is 12.2 Å². The quantitative estimate of drug-likeness (QED) is 0.777. The third-order valence-electron chi connectivity index (χ3n) is 3.05. The molecule has 1 aromatic heterocycles. The number of hydrogen-bond acceptors (Lipinski definition) is 6. The van der Waals surface area contributed by atoms with Gasteiger partial charge in [-0.25, -0.2) is 14.6 Å². The summed E-state index contributed by atoms with van der Waals surface area (Å²) >= 11 is 0. The zero-order valence-electron chi connectivity index (χ0n) is 13.7. The van der Waals surface area contributed by atoms with Gasteiger partial charge in [0.15, 0.2) is 6.61 Å². The minimum absolute atomic E-state index is 0.130. The molecule has 1 heterocycles. The SMILES string of the molecule is CCCOC(=O)c1ccc(NC(=O)COC(=O)c2ccccn2)cc1. The van der Waals surface area contributed by atoms with Crippen LogP contribution in [0.15, 0.2) is 48.7 Å². The summed E-state index contributed by atoms with van der Waals surface area (Å²) in [5, 5.41) is 2.57. The first kappa shape index (κ1) is 18.1. The lowest BCUT2D eigenvalue weighted by Gasteiger charge is -2.07. The lowest BCUT2D eigenvalue weighted by atomic mass is 10.2. The van der Waals surface area contributed by atoms with Crippen molar-refractivity contribution in [2.24, 2.45) is 0 Å². The molecule has 0 aliphatic rings. The summed E-state index contributed by atoms with van der Waals surface area (Å²) in [6, 6.07) is 11.1. The molecule has 1 aromatic carbocycles. The highest BCUT2D eigenvalue weighted by Crippen LogP contribution is 2.11. The number of carbonyl (C=O) groups excluding carboxylic acids is 3. The summed E-state index contributed by atoms with van der Waals surface area (Å²) in [5.41, 5.74) is 1.00. The number of carbonyl (C=O) groups is 3. The van der Waals surface area contributed by atoms with Crippen molar-refractivity contribution in [2.75, 3.05) is 18.5 Å². The van der Waals surface area contributed by atoms with Gasteiger partial charge in [0, 0.05) is 11.9 Å². The van der Waals surface area contributed by atoms with Gasteiger partial charge in [-0.15, -0.1) is 0 Å². The molecule has 0 unspecified atom stereocenters. The highest BCUT2D eigenvalue weighted by Gasteiger charge is 2.11. The molecule has 7 nitrogen and oxygen atoms in total. The van der Waals surface area contributed by atoms with Crippen LogP contribution in [0.2, 0.25) is 0 Å². The molecule has 0 bridgehead atoms. The van der Waals surface area contributed by atoms with E-state index in [4.69, 9.17) is 9.47 Å². The molecule has 1 N–H and O–H groups in total. The second-order valence-electron chi connectivity index (χ2n) is 5.05. The van der Waals surface area contributed by atoms with Crippen LogP contribution in [-0.2, 0) is 14.3 Å². The van der Waals surface area contributed by atoms with Crippen LogP contribution in [0.3, 0.4) is 0 Å². The normalized spacial score (nSPS) is 9.96. The summed E-state index contributed by atoms with van der Waals surface area (Å²) < 4.78 is 9.90. The third-order valence-corrected chi connectivity index (χ3v) is 3.05. The number of benzene rings is 1. The van der Waals surface area contributed by atoms with Crippen molar-refractivity contribution in [3.8, 4) is 0 Å². The smallest absolute Gasteiger partial charge is 0.357 e. The van der Waals surface area contributed by atoms with Crippen molar-refractivity contribution in [1.29, 1.82) is 0 Å². The van der Waals surface area contributed by atoms with E-state index < -0.39 is 24.5 Å². The number of aromatic nitrogens is 1. The van der Waals surface area contributed by atoms with Crippen LogP contribution in [-0.4, -0.2) is 36.0 Å². The minimum atomic E-state index is -0.676. The van der Waals surface area contributed by atoms with E-state index in [-0.39, 0.29) is 5.69 Å². The number of ether oxygens (including phenoxy) is 2. The first-order valence-electron chi connectivity index (χ1n) is 7.75. The maximum atomic E-state index is 11.8. The highest BCUT2D eigenvalue weighted by atomic mass is 16.5. The Morgan fingerprint density at radius 2 is 1.76 bits per heavy atom. The Morgan fingerprint density at radius 1 is 1.00 bits per heavy atom. The van der Waals surface area contributed by atoms with E-state index in [1.807, 2.05) is 6.92 Å². The third kappa shape index (κ3) is 5.72. The van der Waals surface area contributed by atoms with Crippen LogP contribution >= 0.6 is 0 Å². The van der Waals surface area contributed by atoms with Gasteiger partial charge in [-0.3, -0.25) is 4.79 Å². The standard InChI is InChI=1S/C18H18N2O5/c1-2-11-24-17(22)13-6-8-14(9-7-13)20-16(21)12-25-18(23)15-5-3-4-10-19-15/h3-10H,2,11-12H2,1H3,(H,20,21). The maximum absolute atomic E-state index is 11.8. The molecule has 0 fully saturated rings.